The topological polar surface area (TPSA) is 46.3 Å². The molecule has 0 saturated heterocycles. The number of amides is 1. The highest BCUT2D eigenvalue weighted by Gasteiger charge is 2.32. The number of nitrogens with two attached hydrogens (primary N) is 1. The van der Waals surface area contributed by atoms with E-state index in [1.165, 1.54) is 17.5 Å². The third-order valence-corrected chi connectivity index (χ3v) is 4.83. The van der Waals surface area contributed by atoms with Gasteiger partial charge in [-0.2, -0.15) is 0 Å². The number of hydrogen-bond donors (Lipinski definition) is 1. The molecule has 0 aromatic heterocycles. The Morgan fingerprint density at radius 1 is 1.33 bits per heavy atom. The van der Waals surface area contributed by atoms with Gasteiger partial charge in [0, 0.05) is 12.6 Å². The van der Waals surface area contributed by atoms with Gasteiger partial charge in [-0.05, 0) is 57.2 Å². The number of hydrogen-bond acceptors (Lipinski definition) is 2. The molecule has 21 heavy (non-hydrogen) atoms. The van der Waals surface area contributed by atoms with Crippen molar-refractivity contribution in [2.45, 2.75) is 52.5 Å². The predicted molar refractivity (Wildman–Crippen MR) is 87.2 cm³/mol. The maximum atomic E-state index is 12.7. The summed E-state index contributed by atoms with van der Waals surface area (Å²) in [6, 6.07) is 6.68. The number of likely N-dealkylation sites (N-methyl/N-ethyl adjacent to an activating group) is 1. The first-order valence-electron chi connectivity index (χ1n) is 8.12. The fraction of sp³-hybridized carbons (Fsp3) is 0.611. The molecule has 1 aliphatic rings. The van der Waals surface area contributed by atoms with Crippen molar-refractivity contribution in [3.63, 3.8) is 0 Å². The first-order chi connectivity index (χ1) is 10.1. The van der Waals surface area contributed by atoms with Crippen LogP contribution in [0.5, 0.6) is 0 Å². The first kappa shape index (κ1) is 16.0. The summed E-state index contributed by atoms with van der Waals surface area (Å²) in [7, 11) is 0. The molecule has 3 heteroatoms. The van der Waals surface area contributed by atoms with Crippen LogP contribution in [0.15, 0.2) is 18.2 Å². The number of nitrogens with zero attached hydrogens (tertiary/aromatic N) is 1. The SMILES string of the molecule is CCN(C(=O)Cc1cc(C)ccc1C)C1CCCC1CN. The van der Waals surface area contributed by atoms with E-state index < -0.39 is 0 Å². The molecule has 3 nitrogen and oxygen atoms in total. The normalized spacial score (nSPS) is 21.5. The highest BCUT2D eigenvalue weighted by molar-refractivity contribution is 5.79. The Bertz CT molecular complexity index is 498. The van der Waals surface area contributed by atoms with Crippen molar-refractivity contribution >= 4 is 5.91 Å². The third kappa shape index (κ3) is 3.65. The molecule has 0 aliphatic heterocycles. The van der Waals surface area contributed by atoms with Crippen molar-refractivity contribution in [1.82, 2.24) is 4.90 Å². The van der Waals surface area contributed by atoms with Crippen LogP contribution in [-0.2, 0) is 11.2 Å². The van der Waals surface area contributed by atoms with E-state index in [0.29, 0.717) is 24.9 Å². The van der Waals surface area contributed by atoms with Crippen LogP contribution in [0.3, 0.4) is 0 Å². The van der Waals surface area contributed by atoms with Crippen LogP contribution >= 0.6 is 0 Å². The largest absolute Gasteiger partial charge is 0.339 e. The van der Waals surface area contributed by atoms with Gasteiger partial charge in [0.05, 0.1) is 6.42 Å². The Kier molecular flexibility index (Phi) is 5.40. The second-order valence-electron chi connectivity index (χ2n) is 6.28. The van der Waals surface area contributed by atoms with Crippen molar-refractivity contribution in [3.05, 3.63) is 34.9 Å². The standard InChI is InChI=1S/C18H28N2O/c1-4-20(17-7-5-6-15(17)12-19)18(21)11-16-10-13(2)8-9-14(16)3/h8-10,15,17H,4-7,11-12,19H2,1-3H3. The van der Waals surface area contributed by atoms with Gasteiger partial charge >= 0.3 is 0 Å². The maximum Gasteiger partial charge on any atom is 0.227 e. The molecule has 0 bridgehead atoms. The molecule has 1 fully saturated rings. The monoisotopic (exact) mass is 288 g/mol. The third-order valence-electron chi connectivity index (χ3n) is 4.83. The average Bonchev–Trinajstić information content (AvgIpc) is 2.92. The molecule has 2 rings (SSSR count). The molecule has 2 N–H and O–H groups in total. The fourth-order valence-electron chi connectivity index (χ4n) is 3.55. The van der Waals surface area contributed by atoms with Crippen molar-refractivity contribution < 1.29 is 4.79 Å². The lowest BCUT2D eigenvalue weighted by Crippen LogP contribution is -2.44. The first-order valence-corrected chi connectivity index (χ1v) is 8.12. The van der Waals surface area contributed by atoms with Crippen molar-refractivity contribution in [1.29, 1.82) is 0 Å². The second-order valence-corrected chi connectivity index (χ2v) is 6.28. The zero-order valence-corrected chi connectivity index (χ0v) is 13.6. The molecule has 116 valence electrons. The van der Waals surface area contributed by atoms with E-state index in [0.717, 1.165) is 24.9 Å². The minimum absolute atomic E-state index is 0.247. The predicted octanol–water partition coefficient (Wildman–Crippen LogP) is 2.82. The molecule has 1 saturated carbocycles. The molecule has 1 aliphatic carbocycles. The number of benzene rings is 1. The summed E-state index contributed by atoms with van der Waals surface area (Å²) in [6.45, 7) is 7.71. The molecule has 0 spiro atoms. The number of carbonyl (C=O) groups is 1. The van der Waals surface area contributed by atoms with Gasteiger partial charge in [-0.3, -0.25) is 4.79 Å². The number of carbonyl (C=O) groups excluding carboxylic acids is 1. The Labute approximate surface area is 128 Å². The van der Waals surface area contributed by atoms with Crippen LogP contribution in [0.2, 0.25) is 0 Å². The summed E-state index contributed by atoms with van der Waals surface area (Å²) < 4.78 is 0. The zero-order valence-electron chi connectivity index (χ0n) is 13.6. The summed E-state index contributed by atoms with van der Waals surface area (Å²) in [4.78, 5) is 14.8. The van der Waals surface area contributed by atoms with Crippen molar-refractivity contribution in [2.75, 3.05) is 13.1 Å². The van der Waals surface area contributed by atoms with Crippen molar-refractivity contribution in [2.24, 2.45) is 11.7 Å². The van der Waals surface area contributed by atoms with Gasteiger partial charge in [0.15, 0.2) is 0 Å². The van der Waals surface area contributed by atoms with E-state index >= 15 is 0 Å². The van der Waals surface area contributed by atoms with Gasteiger partial charge in [0.25, 0.3) is 0 Å². The van der Waals surface area contributed by atoms with E-state index in [1.807, 2.05) is 0 Å². The Balaban J connectivity index is 2.11. The molecule has 2 unspecified atom stereocenters. The summed E-state index contributed by atoms with van der Waals surface area (Å²) in [6.07, 6.45) is 3.97. The Hall–Kier alpha value is -1.35. The second kappa shape index (κ2) is 7.08. The van der Waals surface area contributed by atoms with Crippen LogP contribution in [0.25, 0.3) is 0 Å². The van der Waals surface area contributed by atoms with E-state index in [9.17, 15) is 4.79 Å². The van der Waals surface area contributed by atoms with Crippen LogP contribution in [0.1, 0.15) is 42.9 Å². The fourth-order valence-corrected chi connectivity index (χ4v) is 3.55. The Morgan fingerprint density at radius 3 is 2.76 bits per heavy atom. The van der Waals surface area contributed by atoms with Crippen LogP contribution in [0, 0.1) is 19.8 Å². The van der Waals surface area contributed by atoms with Gasteiger partial charge in [0.2, 0.25) is 5.91 Å². The molecule has 1 aromatic carbocycles. The number of aryl methyl sites for hydroxylation is 2. The molecule has 2 atom stereocenters. The molecule has 0 heterocycles. The lowest BCUT2D eigenvalue weighted by Gasteiger charge is -2.32. The lowest BCUT2D eigenvalue weighted by molar-refractivity contribution is -0.133. The van der Waals surface area contributed by atoms with E-state index in [2.05, 4.69) is 43.9 Å². The summed E-state index contributed by atoms with van der Waals surface area (Å²) in [5.74, 6) is 0.726. The Morgan fingerprint density at radius 2 is 2.10 bits per heavy atom. The van der Waals surface area contributed by atoms with Gasteiger partial charge < -0.3 is 10.6 Å². The molecule has 1 amide bonds. The van der Waals surface area contributed by atoms with E-state index in [-0.39, 0.29) is 5.91 Å². The lowest BCUT2D eigenvalue weighted by atomic mass is 9.99. The minimum Gasteiger partial charge on any atom is -0.339 e. The van der Waals surface area contributed by atoms with Crippen LogP contribution in [-0.4, -0.2) is 29.9 Å². The zero-order chi connectivity index (χ0) is 15.4. The molecule has 0 radical (unpaired) electrons. The summed E-state index contributed by atoms with van der Waals surface area (Å²) in [5.41, 5.74) is 9.44. The van der Waals surface area contributed by atoms with Crippen LogP contribution < -0.4 is 5.73 Å². The summed E-state index contributed by atoms with van der Waals surface area (Å²) >= 11 is 0. The molecular weight excluding hydrogens is 260 g/mol. The van der Waals surface area contributed by atoms with E-state index in [4.69, 9.17) is 5.73 Å². The minimum atomic E-state index is 0.247. The average molecular weight is 288 g/mol. The quantitative estimate of drug-likeness (QED) is 0.905. The van der Waals surface area contributed by atoms with Crippen LogP contribution in [0.4, 0.5) is 0 Å². The van der Waals surface area contributed by atoms with Gasteiger partial charge in [-0.15, -0.1) is 0 Å². The highest BCUT2D eigenvalue weighted by atomic mass is 16.2. The van der Waals surface area contributed by atoms with E-state index in [1.54, 1.807) is 0 Å². The van der Waals surface area contributed by atoms with Crippen molar-refractivity contribution in [3.8, 4) is 0 Å². The molecule has 1 aromatic rings. The summed E-state index contributed by atoms with van der Waals surface area (Å²) in [5, 5.41) is 0. The van der Waals surface area contributed by atoms with Gasteiger partial charge in [0.1, 0.15) is 0 Å². The smallest absolute Gasteiger partial charge is 0.227 e. The maximum absolute atomic E-state index is 12.7. The highest BCUT2D eigenvalue weighted by Crippen LogP contribution is 2.29. The number of rotatable bonds is 5. The molecular formula is C18H28N2O. The van der Waals surface area contributed by atoms with Gasteiger partial charge in [-0.25, -0.2) is 0 Å². The van der Waals surface area contributed by atoms with Gasteiger partial charge in [-0.1, -0.05) is 30.2 Å².